The van der Waals surface area contributed by atoms with Gasteiger partial charge in [0.1, 0.15) is 4.60 Å². The van der Waals surface area contributed by atoms with Crippen molar-refractivity contribution in [2.75, 3.05) is 0 Å². The Hall–Kier alpha value is 0.0700. The Labute approximate surface area is 85.3 Å². The standard InChI is InChI=1S/C8H13BrN2S/c1-5-7(9)11-6(12-5)4-8(2,3)10/h4,10H2,1-3H3. The third-order valence-electron chi connectivity index (χ3n) is 1.39. The van der Waals surface area contributed by atoms with Crippen LogP contribution in [0.2, 0.25) is 0 Å². The first-order valence-electron chi connectivity index (χ1n) is 3.79. The Kier molecular flexibility index (Phi) is 2.91. The van der Waals surface area contributed by atoms with Crippen molar-refractivity contribution in [2.45, 2.75) is 32.7 Å². The van der Waals surface area contributed by atoms with E-state index in [9.17, 15) is 0 Å². The number of aryl methyl sites for hydroxylation is 1. The second-order valence-electron chi connectivity index (χ2n) is 3.62. The summed E-state index contributed by atoms with van der Waals surface area (Å²) >= 11 is 5.09. The normalized spacial score (nSPS) is 12.1. The van der Waals surface area contributed by atoms with Crippen molar-refractivity contribution in [3.05, 3.63) is 14.5 Å². The minimum Gasteiger partial charge on any atom is -0.325 e. The van der Waals surface area contributed by atoms with E-state index in [1.54, 1.807) is 11.3 Å². The summed E-state index contributed by atoms with van der Waals surface area (Å²) in [7, 11) is 0. The topological polar surface area (TPSA) is 38.9 Å². The summed E-state index contributed by atoms with van der Waals surface area (Å²) < 4.78 is 0.951. The number of nitrogens with two attached hydrogens (primary N) is 1. The molecule has 4 heteroatoms. The molecule has 0 fully saturated rings. The van der Waals surface area contributed by atoms with E-state index in [1.165, 1.54) is 4.88 Å². The third-order valence-corrected chi connectivity index (χ3v) is 3.40. The summed E-state index contributed by atoms with van der Waals surface area (Å²) in [6.45, 7) is 6.07. The number of thiazole rings is 1. The van der Waals surface area contributed by atoms with Gasteiger partial charge in [0.25, 0.3) is 0 Å². The summed E-state index contributed by atoms with van der Waals surface area (Å²) in [6, 6.07) is 0. The number of hydrogen-bond acceptors (Lipinski definition) is 3. The molecule has 2 nitrogen and oxygen atoms in total. The number of hydrogen-bond donors (Lipinski definition) is 1. The van der Waals surface area contributed by atoms with Crippen LogP contribution < -0.4 is 5.73 Å². The second-order valence-corrected chi connectivity index (χ2v) is 5.66. The zero-order valence-electron chi connectivity index (χ0n) is 7.52. The van der Waals surface area contributed by atoms with Crippen molar-refractivity contribution in [1.82, 2.24) is 4.98 Å². The van der Waals surface area contributed by atoms with Crippen LogP contribution >= 0.6 is 27.3 Å². The second kappa shape index (κ2) is 3.44. The maximum absolute atomic E-state index is 5.88. The average molecular weight is 249 g/mol. The van der Waals surface area contributed by atoms with E-state index in [0.717, 1.165) is 16.0 Å². The minimum atomic E-state index is -0.163. The van der Waals surface area contributed by atoms with Crippen molar-refractivity contribution in [1.29, 1.82) is 0 Å². The Morgan fingerprint density at radius 2 is 2.17 bits per heavy atom. The Morgan fingerprint density at radius 1 is 1.58 bits per heavy atom. The summed E-state index contributed by atoms with van der Waals surface area (Å²) in [6.07, 6.45) is 0.837. The van der Waals surface area contributed by atoms with E-state index in [1.807, 2.05) is 13.8 Å². The summed E-state index contributed by atoms with van der Waals surface area (Å²) in [5, 5.41) is 1.10. The molecule has 2 N–H and O–H groups in total. The van der Waals surface area contributed by atoms with Gasteiger partial charge >= 0.3 is 0 Å². The van der Waals surface area contributed by atoms with Crippen molar-refractivity contribution in [3.8, 4) is 0 Å². The highest BCUT2D eigenvalue weighted by Crippen LogP contribution is 2.24. The molecule has 0 spiro atoms. The van der Waals surface area contributed by atoms with Gasteiger partial charge in [0.15, 0.2) is 0 Å². The molecule has 0 radical (unpaired) electrons. The molecule has 1 aromatic rings. The zero-order chi connectivity index (χ0) is 9.35. The molecule has 0 unspecified atom stereocenters. The van der Waals surface area contributed by atoms with E-state index >= 15 is 0 Å². The van der Waals surface area contributed by atoms with Gasteiger partial charge in [-0.15, -0.1) is 11.3 Å². The number of rotatable bonds is 2. The van der Waals surface area contributed by atoms with Crippen LogP contribution in [-0.2, 0) is 6.42 Å². The molecule has 0 bridgehead atoms. The summed E-state index contributed by atoms with van der Waals surface area (Å²) in [4.78, 5) is 5.57. The molecule has 0 aliphatic rings. The molecule has 12 heavy (non-hydrogen) atoms. The molecule has 0 atom stereocenters. The fourth-order valence-corrected chi connectivity index (χ4v) is 2.53. The Morgan fingerprint density at radius 3 is 2.50 bits per heavy atom. The van der Waals surface area contributed by atoms with Gasteiger partial charge in [0, 0.05) is 16.8 Å². The van der Waals surface area contributed by atoms with E-state index in [-0.39, 0.29) is 5.54 Å². The molecule has 0 saturated heterocycles. The van der Waals surface area contributed by atoms with Crippen LogP contribution in [-0.4, -0.2) is 10.5 Å². The highest BCUT2D eigenvalue weighted by molar-refractivity contribution is 9.10. The lowest BCUT2D eigenvalue weighted by molar-refractivity contribution is 0.515. The Balaban J connectivity index is 2.77. The van der Waals surface area contributed by atoms with Gasteiger partial charge in [-0.05, 0) is 36.7 Å². The molecular formula is C8H13BrN2S. The molecule has 1 rings (SSSR count). The van der Waals surface area contributed by atoms with E-state index in [2.05, 4.69) is 27.8 Å². The monoisotopic (exact) mass is 248 g/mol. The molecule has 0 amide bonds. The first kappa shape index (κ1) is 10.2. The largest absolute Gasteiger partial charge is 0.325 e. The number of halogens is 1. The quantitative estimate of drug-likeness (QED) is 0.874. The van der Waals surface area contributed by atoms with Gasteiger partial charge in [-0.3, -0.25) is 0 Å². The SMILES string of the molecule is Cc1sc(CC(C)(C)N)nc1Br. The lowest BCUT2D eigenvalue weighted by Crippen LogP contribution is -2.34. The van der Waals surface area contributed by atoms with E-state index in [0.29, 0.717) is 0 Å². The van der Waals surface area contributed by atoms with Crippen LogP contribution in [0.25, 0.3) is 0 Å². The van der Waals surface area contributed by atoms with Gasteiger partial charge in [-0.25, -0.2) is 4.98 Å². The van der Waals surface area contributed by atoms with Crippen LogP contribution in [0.4, 0.5) is 0 Å². The van der Waals surface area contributed by atoms with Crippen molar-refractivity contribution in [3.63, 3.8) is 0 Å². The van der Waals surface area contributed by atoms with Gasteiger partial charge in [0.2, 0.25) is 0 Å². The molecule has 0 saturated carbocycles. The smallest absolute Gasteiger partial charge is 0.120 e. The molecule has 68 valence electrons. The fraction of sp³-hybridized carbons (Fsp3) is 0.625. The van der Waals surface area contributed by atoms with Crippen molar-refractivity contribution < 1.29 is 0 Å². The number of nitrogens with zero attached hydrogens (tertiary/aromatic N) is 1. The predicted molar refractivity (Wildman–Crippen MR) is 56.5 cm³/mol. The van der Waals surface area contributed by atoms with Gasteiger partial charge in [0.05, 0.1) is 5.01 Å². The maximum Gasteiger partial charge on any atom is 0.120 e. The minimum absolute atomic E-state index is 0.163. The van der Waals surface area contributed by atoms with Crippen LogP contribution in [0.15, 0.2) is 4.60 Å². The highest BCUT2D eigenvalue weighted by Gasteiger charge is 2.15. The molecule has 0 aliphatic carbocycles. The third kappa shape index (κ3) is 2.84. The first-order valence-corrected chi connectivity index (χ1v) is 5.40. The Bertz CT molecular complexity index is 256. The van der Waals surface area contributed by atoms with E-state index < -0.39 is 0 Å². The molecule has 0 aromatic carbocycles. The van der Waals surface area contributed by atoms with Crippen molar-refractivity contribution >= 4 is 27.3 Å². The van der Waals surface area contributed by atoms with Gasteiger partial charge in [-0.1, -0.05) is 0 Å². The maximum atomic E-state index is 5.88. The molecular weight excluding hydrogens is 236 g/mol. The lowest BCUT2D eigenvalue weighted by atomic mass is 10.0. The molecule has 0 aliphatic heterocycles. The summed E-state index contributed by atoms with van der Waals surface area (Å²) in [5.41, 5.74) is 5.72. The van der Waals surface area contributed by atoms with E-state index in [4.69, 9.17) is 5.73 Å². The van der Waals surface area contributed by atoms with Crippen LogP contribution in [0.5, 0.6) is 0 Å². The van der Waals surface area contributed by atoms with Crippen LogP contribution in [0, 0.1) is 6.92 Å². The van der Waals surface area contributed by atoms with Gasteiger partial charge < -0.3 is 5.73 Å². The highest BCUT2D eigenvalue weighted by atomic mass is 79.9. The van der Waals surface area contributed by atoms with Gasteiger partial charge in [-0.2, -0.15) is 0 Å². The van der Waals surface area contributed by atoms with Crippen LogP contribution in [0.1, 0.15) is 23.7 Å². The first-order chi connectivity index (χ1) is 5.38. The van der Waals surface area contributed by atoms with Crippen molar-refractivity contribution in [2.24, 2.45) is 5.73 Å². The zero-order valence-corrected chi connectivity index (χ0v) is 9.92. The predicted octanol–water partition coefficient (Wildman–Crippen LogP) is 2.49. The molecule has 1 aromatic heterocycles. The number of aromatic nitrogens is 1. The lowest BCUT2D eigenvalue weighted by Gasteiger charge is -2.15. The average Bonchev–Trinajstić information content (AvgIpc) is 2.07. The summed E-state index contributed by atoms with van der Waals surface area (Å²) in [5.74, 6) is 0. The molecule has 1 heterocycles. The van der Waals surface area contributed by atoms with Crippen LogP contribution in [0.3, 0.4) is 0 Å². The fourth-order valence-electron chi connectivity index (χ4n) is 0.895.